The van der Waals surface area contributed by atoms with Gasteiger partial charge in [-0.1, -0.05) is 12.1 Å². The van der Waals surface area contributed by atoms with Gasteiger partial charge < -0.3 is 18.7 Å². The van der Waals surface area contributed by atoms with Crippen molar-refractivity contribution >= 4 is 5.91 Å². The zero-order chi connectivity index (χ0) is 17.8. The standard InChI is InChI=1S/C17H22N4O4/c1-3-14-18-16(19-25-14)13-5-4-8-21(13)17(23)12-6-7-15(22)20(11-12)9-10-24-2/h6-7,11,13H,3-5,8-10H2,1-2H3. The number of carbonyl (C=O) groups excluding carboxylic acids is 1. The van der Waals surface area contributed by atoms with Gasteiger partial charge in [-0.15, -0.1) is 0 Å². The zero-order valence-electron chi connectivity index (χ0n) is 14.5. The Kier molecular flexibility index (Phi) is 5.28. The molecule has 8 heteroatoms. The molecule has 1 aliphatic rings. The maximum atomic E-state index is 12.9. The molecule has 2 aromatic heterocycles. The number of nitrogens with zero attached hydrogens (tertiary/aromatic N) is 4. The molecular weight excluding hydrogens is 324 g/mol. The van der Waals surface area contributed by atoms with E-state index in [1.165, 1.54) is 10.6 Å². The molecule has 8 nitrogen and oxygen atoms in total. The maximum Gasteiger partial charge on any atom is 0.255 e. The number of aryl methyl sites for hydroxylation is 1. The molecule has 3 heterocycles. The normalized spacial score (nSPS) is 17.2. The number of hydrogen-bond donors (Lipinski definition) is 0. The first-order valence-electron chi connectivity index (χ1n) is 8.47. The number of rotatable bonds is 6. The summed E-state index contributed by atoms with van der Waals surface area (Å²) in [5.74, 6) is 0.995. The third-order valence-electron chi connectivity index (χ3n) is 4.36. The van der Waals surface area contributed by atoms with Crippen molar-refractivity contribution in [1.82, 2.24) is 19.6 Å². The van der Waals surface area contributed by atoms with Crippen molar-refractivity contribution in [2.24, 2.45) is 0 Å². The van der Waals surface area contributed by atoms with Crippen molar-refractivity contribution in [3.05, 3.63) is 46.0 Å². The predicted octanol–water partition coefficient (Wildman–Crippen LogP) is 1.42. The van der Waals surface area contributed by atoms with Gasteiger partial charge in [0.2, 0.25) is 5.89 Å². The highest BCUT2D eigenvalue weighted by Crippen LogP contribution is 2.31. The van der Waals surface area contributed by atoms with Crippen molar-refractivity contribution in [1.29, 1.82) is 0 Å². The second-order valence-electron chi connectivity index (χ2n) is 6.00. The van der Waals surface area contributed by atoms with Crippen LogP contribution in [0.15, 0.2) is 27.6 Å². The van der Waals surface area contributed by atoms with Gasteiger partial charge in [-0.25, -0.2) is 0 Å². The lowest BCUT2D eigenvalue weighted by Gasteiger charge is -2.22. The molecule has 0 radical (unpaired) electrons. The van der Waals surface area contributed by atoms with E-state index in [4.69, 9.17) is 9.26 Å². The smallest absolute Gasteiger partial charge is 0.255 e. The molecule has 0 saturated carbocycles. The predicted molar refractivity (Wildman–Crippen MR) is 89.3 cm³/mol. The molecule has 1 unspecified atom stereocenters. The summed E-state index contributed by atoms with van der Waals surface area (Å²) in [6.45, 7) is 3.39. The molecule has 0 spiro atoms. The van der Waals surface area contributed by atoms with Crippen LogP contribution in [0.4, 0.5) is 0 Å². The van der Waals surface area contributed by atoms with Crippen molar-refractivity contribution < 1.29 is 14.1 Å². The average molecular weight is 346 g/mol. The third kappa shape index (κ3) is 3.63. The molecule has 0 bridgehead atoms. The van der Waals surface area contributed by atoms with Crippen LogP contribution in [0.2, 0.25) is 0 Å². The van der Waals surface area contributed by atoms with Crippen LogP contribution in [-0.2, 0) is 17.7 Å². The minimum absolute atomic E-state index is 0.128. The molecule has 1 amide bonds. The summed E-state index contributed by atoms with van der Waals surface area (Å²) in [7, 11) is 1.57. The van der Waals surface area contributed by atoms with Crippen LogP contribution in [0.1, 0.15) is 47.9 Å². The number of carbonyl (C=O) groups is 1. The van der Waals surface area contributed by atoms with Crippen LogP contribution >= 0.6 is 0 Å². The van der Waals surface area contributed by atoms with Crippen LogP contribution in [0.3, 0.4) is 0 Å². The number of ether oxygens (including phenoxy) is 1. The quantitative estimate of drug-likeness (QED) is 0.786. The fourth-order valence-corrected chi connectivity index (χ4v) is 3.01. The topological polar surface area (TPSA) is 90.5 Å². The Morgan fingerprint density at radius 2 is 2.28 bits per heavy atom. The first kappa shape index (κ1) is 17.3. The third-order valence-corrected chi connectivity index (χ3v) is 4.36. The Balaban J connectivity index is 1.82. The van der Waals surface area contributed by atoms with Crippen molar-refractivity contribution in [2.45, 2.75) is 38.8 Å². The van der Waals surface area contributed by atoms with Crippen LogP contribution in [0.5, 0.6) is 0 Å². The molecule has 134 valence electrons. The number of amides is 1. The van der Waals surface area contributed by atoms with E-state index in [2.05, 4.69) is 10.1 Å². The lowest BCUT2D eigenvalue weighted by atomic mass is 10.2. The molecule has 0 aromatic carbocycles. The van der Waals surface area contributed by atoms with E-state index < -0.39 is 0 Å². The van der Waals surface area contributed by atoms with E-state index >= 15 is 0 Å². The number of methoxy groups -OCH3 is 1. The molecule has 0 N–H and O–H groups in total. The van der Waals surface area contributed by atoms with Crippen molar-refractivity contribution in [2.75, 3.05) is 20.3 Å². The molecule has 1 aliphatic heterocycles. The average Bonchev–Trinajstić information content (AvgIpc) is 3.29. The van der Waals surface area contributed by atoms with E-state index in [0.717, 1.165) is 12.8 Å². The Bertz CT molecular complexity index is 798. The fraction of sp³-hybridized carbons (Fsp3) is 0.529. The molecule has 1 atom stereocenters. The highest BCUT2D eigenvalue weighted by molar-refractivity contribution is 5.94. The Morgan fingerprint density at radius 3 is 3.00 bits per heavy atom. The van der Waals surface area contributed by atoms with Gasteiger partial charge in [-0.05, 0) is 18.9 Å². The summed E-state index contributed by atoms with van der Waals surface area (Å²) >= 11 is 0. The molecule has 25 heavy (non-hydrogen) atoms. The minimum Gasteiger partial charge on any atom is -0.383 e. The lowest BCUT2D eigenvalue weighted by Crippen LogP contribution is -2.32. The summed E-state index contributed by atoms with van der Waals surface area (Å²) in [4.78, 5) is 31.0. The van der Waals surface area contributed by atoms with Gasteiger partial charge in [-0.2, -0.15) is 4.98 Å². The van der Waals surface area contributed by atoms with E-state index in [1.807, 2.05) is 6.92 Å². The van der Waals surface area contributed by atoms with Gasteiger partial charge in [0.15, 0.2) is 5.82 Å². The second-order valence-corrected chi connectivity index (χ2v) is 6.00. The summed E-state index contributed by atoms with van der Waals surface area (Å²) in [5.41, 5.74) is 0.319. The van der Waals surface area contributed by atoms with Gasteiger partial charge in [0, 0.05) is 38.9 Å². The summed E-state index contributed by atoms with van der Waals surface area (Å²) in [5, 5.41) is 4.02. The fourth-order valence-electron chi connectivity index (χ4n) is 3.01. The lowest BCUT2D eigenvalue weighted by molar-refractivity contribution is 0.0727. The van der Waals surface area contributed by atoms with Gasteiger partial charge in [0.05, 0.1) is 18.2 Å². The second kappa shape index (κ2) is 7.60. The van der Waals surface area contributed by atoms with Crippen molar-refractivity contribution in [3.8, 4) is 0 Å². The SMILES string of the molecule is CCc1nc(C2CCCN2C(=O)c2ccc(=O)n(CCOC)c2)no1. The van der Waals surface area contributed by atoms with Crippen LogP contribution in [0, 0.1) is 0 Å². The van der Waals surface area contributed by atoms with E-state index in [0.29, 0.717) is 43.4 Å². The summed E-state index contributed by atoms with van der Waals surface area (Å²) in [6.07, 6.45) is 3.94. The molecule has 1 saturated heterocycles. The summed E-state index contributed by atoms with van der Waals surface area (Å²) < 4.78 is 11.7. The molecule has 0 aliphatic carbocycles. The van der Waals surface area contributed by atoms with Gasteiger partial charge in [0.25, 0.3) is 11.5 Å². The molecule has 3 rings (SSSR count). The largest absolute Gasteiger partial charge is 0.383 e. The monoisotopic (exact) mass is 346 g/mol. The highest BCUT2D eigenvalue weighted by Gasteiger charge is 2.34. The van der Waals surface area contributed by atoms with Crippen LogP contribution in [-0.4, -0.2) is 45.8 Å². The Labute approximate surface area is 145 Å². The first-order chi connectivity index (χ1) is 12.1. The van der Waals surface area contributed by atoms with E-state index in [9.17, 15) is 9.59 Å². The molecule has 2 aromatic rings. The number of hydrogen-bond acceptors (Lipinski definition) is 6. The zero-order valence-corrected chi connectivity index (χ0v) is 14.5. The Hall–Kier alpha value is -2.48. The molecular formula is C17H22N4O4. The number of likely N-dealkylation sites (tertiary alicyclic amines) is 1. The van der Waals surface area contributed by atoms with E-state index in [1.54, 1.807) is 24.3 Å². The maximum absolute atomic E-state index is 12.9. The van der Waals surface area contributed by atoms with Gasteiger partial charge in [-0.3, -0.25) is 9.59 Å². The van der Waals surface area contributed by atoms with Crippen LogP contribution in [0.25, 0.3) is 0 Å². The van der Waals surface area contributed by atoms with E-state index in [-0.39, 0.29) is 17.5 Å². The minimum atomic E-state index is -0.184. The molecule has 1 fully saturated rings. The van der Waals surface area contributed by atoms with Crippen LogP contribution < -0.4 is 5.56 Å². The number of pyridine rings is 1. The summed E-state index contributed by atoms with van der Waals surface area (Å²) in [6, 6.07) is 2.80. The number of aromatic nitrogens is 3. The first-order valence-corrected chi connectivity index (χ1v) is 8.47. The van der Waals surface area contributed by atoms with Gasteiger partial charge in [0.1, 0.15) is 0 Å². The highest BCUT2D eigenvalue weighted by atomic mass is 16.5. The van der Waals surface area contributed by atoms with Gasteiger partial charge >= 0.3 is 0 Å². The van der Waals surface area contributed by atoms with Crippen molar-refractivity contribution in [3.63, 3.8) is 0 Å². The Morgan fingerprint density at radius 1 is 1.44 bits per heavy atom.